The van der Waals surface area contributed by atoms with E-state index in [0.717, 1.165) is 30.5 Å². The fourth-order valence-corrected chi connectivity index (χ4v) is 2.44. The minimum atomic E-state index is -4.76. The molecule has 0 saturated heterocycles. The van der Waals surface area contributed by atoms with E-state index in [9.17, 15) is 26.3 Å². The third-order valence-corrected chi connectivity index (χ3v) is 3.59. The number of halogens is 6. The summed E-state index contributed by atoms with van der Waals surface area (Å²) >= 11 is 0. The molecule has 0 unspecified atom stereocenters. The minimum absolute atomic E-state index is 0.00741. The zero-order chi connectivity index (χ0) is 18.4. The topological polar surface area (TPSA) is 17.3 Å². The molecular weight excluding hydrogens is 346 g/mol. The molecule has 0 fully saturated rings. The van der Waals surface area contributed by atoms with Crippen molar-refractivity contribution in [2.75, 3.05) is 0 Å². The smallest absolute Gasteiger partial charge is 0.227 e. The Morgan fingerprint density at radius 1 is 0.920 bits per heavy atom. The molecule has 8 heteroatoms. The standard InChI is InChI=1S/C17H8F6N2/c1-2-10-9-24-25-14(10)7-12(8-15(25)17(21,22)23)11-4-3-5-13(6-11)16(18,19)20/h1,3-9H. The first-order valence-corrected chi connectivity index (χ1v) is 6.84. The Morgan fingerprint density at radius 3 is 2.24 bits per heavy atom. The van der Waals surface area contributed by atoms with Crippen molar-refractivity contribution in [2.45, 2.75) is 12.4 Å². The van der Waals surface area contributed by atoms with Crippen molar-refractivity contribution in [3.63, 3.8) is 0 Å². The monoisotopic (exact) mass is 354 g/mol. The lowest BCUT2D eigenvalue weighted by Crippen LogP contribution is -2.12. The molecule has 0 N–H and O–H groups in total. The molecule has 0 aliphatic rings. The molecule has 128 valence electrons. The highest BCUT2D eigenvalue weighted by Crippen LogP contribution is 2.36. The van der Waals surface area contributed by atoms with Crippen molar-refractivity contribution >= 4 is 5.52 Å². The molecule has 0 aliphatic heterocycles. The van der Waals surface area contributed by atoms with Gasteiger partial charge in [0.15, 0.2) is 0 Å². The summed E-state index contributed by atoms with van der Waals surface area (Å²) in [5.74, 6) is 2.21. The van der Waals surface area contributed by atoms with E-state index in [1.807, 2.05) is 0 Å². The number of benzene rings is 1. The summed E-state index contributed by atoms with van der Waals surface area (Å²) in [6.45, 7) is 0. The third-order valence-electron chi connectivity index (χ3n) is 3.59. The van der Waals surface area contributed by atoms with E-state index in [2.05, 4.69) is 11.0 Å². The third kappa shape index (κ3) is 3.05. The first-order valence-electron chi connectivity index (χ1n) is 6.84. The summed E-state index contributed by atoms with van der Waals surface area (Å²) in [6, 6.07) is 6.10. The number of pyridine rings is 1. The molecule has 0 radical (unpaired) electrons. The highest BCUT2D eigenvalue weighted by molar-refractivity contribution is 5.74. The van der Waals surface area contributed by atoms with E-state index in [1.54, 1.807) is 0 Å². The van der Waals surface area contributed by atoms with E-state index in [0.29, 0.717) is 4.52 Å². The molecule has 2 heterocycles. The number of terminal acetylenes is 1. The maximum absolute atomic E-state index is 13.3. The summed E-state index contributed by atoms with van der Waals surface area (Å²) in [5, 5.41) is 3.62. The normalized spacial score (nSPS) is 12.4. The summed E-state index contributed by atoms with van der Waals surface area (Å²) in [7, 11) is 0. The predicted molar refractivity (Wildman–Crippen MR) is 78.6 cm³/mol. The van der Waals surface area contributed by atoms with Crippen LogP contribution in [0.15, 0.2) is 42.6 Å². The van der Waals surface area contributed by atoms with Gasteiger partial charge < -0.3 is 0 Å². The Labute approximate surface area is 137 Å². The fourth-order valence-electron chi connectivity index (χ4n) is 2.44. The minimum Gasteiger partial charge on any atom is -0.227 e. The predicted octanol–water partition coefficient (Wildman–Crippen LogP) is 5.02. The number of fused-ring (bicyclic) bond motifs is 1. The van der Waals surface area contributed by atoms with Crippen molar-refractivity contribution < 1.29 is 26.3 Å². The Bertz CT molecular complexity index is 989. The zero-order valence-corrected chi connectivity index (χ0v) is 12.3. The molecule has 3 rings (SSSR count). The average Bonchev–Trinajstić information content (AvgIpc) is 2.95. The van der Waals surface area contributed by atoms with Gasteiger partial charge in [0.1, 0.15) is 5.69 Å². The summed E-state index contributed by atoms with van der Waals surface area (Å²) in [5.41, 5.74) is -2.03. The lowest BCUT2D eigenvalue weighted by atomic mass is 10.0. The van der Waals surface area contributed by atoms with Crippen LogP contribution in [0, 0.1) is 12.3 Å². The molecule has 25 heavy (non-hydrogen) atoms. The van der Waals surface area contributed by atoms with Gasteiger partial charge in [-0.1, -0.05) is 18.1 Å². The van der Waals surface area contributed by atoms with Crippen molar-refractivity contribution in [1.29, 1.82) is 0 Å². The van der Waals surface area contributed by atoms with Gasteiger partial charge in [0.2, 0.25) is 0 Å². The summed E-state index contributed by atoms with van der Waals surface area (Å²) in [4.78, 5) is 0. The molecule has 0 aliphatic carbocycles. The van der Waals surface area contributed by atoms with Crippen molar-refractivity contribution in [1.82, 2.24) is 9.61 Å². The number of hydrogen-bond donors (Lipinski definition) is 0. The number of hydrogen-bond acceptors (Lipinski definition) is 1. The molecule has 3 aromatic rings. The molecular formula is C17H8F6N2. The SMILES string of the molecule is C#Cc1cnn2c(C(F)(F)F)cc(-c3cccc(C(F)(F)F)c3)cc12. The van der Waals surface area contributed by atoms with Crippen molar-refractivity contribution in [2.24, 2.45) is 0 Å². The lowest BCUT2D eigenvalue weighted by Gasteiger charge is -2.13. The molecule has 1 aromatic carbocycles. The molecule has 0 bridgehead atoms. The molecule has 2 aromatic heterocycles. The van der Waals surface area contributed by atoms with Crippen molar-refractivity contribution in [3.8, 4) is 23.5 Å². The highest BCUT2D eigenvalue weighted by Gasteiger charge is 2.35. The van der Waals surface area contributed by atoms with E-state index in [4.69, 9.17) is 6.42 Å². The maximum atomic E-state index is 13.3. The number of rotatable bonds is 1. The Balaban J connectivity index is 2.29. The fraction of sp³-hybridized carbons (Fsp3) is 0.118. The Kier molecular flexibility index (Phi) is 3.75. The van der Waals surface area contributed by atoms with Gasteiger partial charge >= 0.3 is 12.4 Å². The second kappa shape index (κ2) is 5.55. The van der Waals surface area contributed by atoms with Gasteiger partial charge in [0.05, 0.1) is 22.8 Å². The van der Waals surface area contributed by atoms with E-state index in [-0.39, 0.29) is 22.2 Å². The van der Waals surface area contributed by atoms with Crippen LogP contribution in [0.1, 0.15) is 16.8 Å². The van der Waals surface area contributed by atoms with Crippen LogP contribution in [0.25, 0.3) is 16.6 Å². The van der Waals surface area contributed by atoms with Gasteiger partial charge in [0, 0.05) is 0 Å². The summed E-state index contributed by atoms with van der Waals surface area (Å²) < 4.78 is 79.1. The summed E-state index contributed by atoms with van der Waals surface area (Å²) in [6.07, 6.45) is -3.01. The molecule has 0 atom stereocenters. The number of aromatic nitrogens is 2. The number of alkyl halides is 6. The van der Waals surface area contributed by atoms with E-state index >= 15 is 0 Å². The number of nitrogens with zero attached hydrogens (tertiary/aromatic N) is 2. The van der Waals surface area contributed by atoms with Gasteiger partial charge in [-0.05, 0) is 35.4 Å². The van der Waals surface area contributed by atoms with Gasteiger partial charge in [-0.2, -0.15) is 31.4 Å². The highest BCUT2D eigenvalue weighted by atomic mass is 19.4. The van der Waals surface area contributed by atoms with Crippen LogP contribution >= 0.6 is 0 Å². The Hall–Kier alpha value is -2.95. The molecule has 0 amide bonds. The van der Waals surface area contributed by atoms with Gasteiger partial charge in [-0.25, -0.2) is 4.52 Å². The average molecular weight is 354 g/mol. The first kappa shape index (κ1) is 16.9. The van der Waals surface area contributed by atoms with Gasteiger partial charge in [-0.3, -0.25) is 0 Å². The van der Waals surface area contributed by atoms with Crippen LogP contribution in [0.3, 0.4) is 0 Å². The first-order chi connectivity index (χ1) is 11.6. The van der Waals surface area contributed by atoms with Crippen LogP contribution in [-0.4, -0.2) is 9.61 Å². The largest absolute Gasteiger partial charge is 0.433 e. The zero-order valence-electron chi connectivity index (χ0n) is 12.3. The second-order valence-electron chi connectivity index (χ2n) is 5.21. The van der Waals surface area contributed by atoms with Crippen LogP contribution in [0.2, 0.25) is 0 Å². The van der Waals surface area contributed by atoms with Crippen LogP contribution in [0.5, 0.6) is 0 Å². The van der Waals surface area contributed by atoms with Gasteiger partial charge in [-0.15, -0.1) is 6.42 Å². The lowest BCUT2D eigenvalue weighted by molar-refractivity contribution is -0.142. The van der Waals surface area contributed by atoms with Crippen LogP contribution in [-0.2, 0) is 12.4 Å². The van der Waals surface area contributed by atoms with Crippen molar-refractivity contribution in [3.05, 3.63) is 59.4 Å². The van der Waals surface area contributed by atoms with E-state index in [1.165, 1.54) is 12.1 Å². The van der Waals surface area contributed by atoms with Crippen LogP contribution < -0.4 is 0 Å². The second-order valence-corrected chi connectivity index (χ2v) is 5.21. The van der Waals surface area contributed by atoms with Crippen LogP contribution in [0.4, 0.5) is 26.3 Å². The van der Waals surface area contributed by atoms with E-state index < -0.39 is 23.6 Å². The molecule has 2 nitrogen and oxygen atoms in total. The quantitative estimate of drug-likeness (QED) is 0.443. The molecule has 0 spiro atoms. The maximum Gasteiger partial charge on any atom is 0.433 e. The Morgan fingerprint density at radius 2 is 1.64 bits per heavy atom. The molecule has 0 saturated carbocycles. The van der Waals surface area contributed by atoms with Gasteiger partial charge in [0.25, 0.3) is 0 Å².